The van der Waals surface area contributed by atoms with E-state index in [2.05, 4.69) is 10.6 Å². The van der Waals surface area contributed by atoms with E-state index in [0.29, 0.717) is 24.4 Å². The lowest BCUT2D eigenvalue weighted by Gasteiger charge is -2.31. The molecule has 0 bridgehead atoms. The molecule has 0 saturated heterocycles. The number of rotatable bonds is 5. The summed E-state index contributed by atoms with van der Waals surface area (Å²) in [6.45, 7) is 0. The zero-order chi connectivity index (χ0) is 17.6. The second-order valence-corrected chi connectivity index (χ2v) is 8.59. The summed E-state index contributed by atoms with van der Waals surface area (Å²) in [5, 5.41) is 6.44. The van der Waals surface area contributed by atoms with Crippen molar-refractivity contribution in [2.24, 2.45) is 17.6 Å². The molecule has 3 saturated carbocycles. The first-order valence-electron chi connectivity index (χ1n) is 10.5. The molecule has 0 radical (unpaired) electrons. The van der Waals surface area contributed by atoms with Crippen molar-refractivity contribution in [3.63, 3.8) is 0 Å². The molecule has 0 atom stereocenters. The van der Waals surface area contributed by atoms with Crippen molar-refractivity contribution in [2.45, 2.75) is 102 Å². The van der Waals surface area contributed by atoms with Crippen LogP contribution in [-0.2, 0) is 9.59 Å². The fourth-order valence-electron chi connectivity index (χ4n) is 4.85. The molecule has 5 nitrogen and oxygen atoms in total. The van der Waals surface area contributed by atoms with Crippen LogP contribution in [0.15, 0.2) is 0 Å². The summed E-state index contributed by atoms with van der Waals surface area (Å²) in [7, 11) is 0. The van der Waals surface area contributed by atoms with Gasteiger partial charge >= 0.3 is 0 Å². The van der Waals surface area contributed by atoms with Gasteiger partial charge in [0.05, 0.1) is 0 Å². The van der Waals surface area contributed by atoms with Crippen molar-refractivity contribution in [2.75, 3.05) is 0 Å². The largest absolute Gasteiger partial charge is 0.353 e. The fourth-order valence-corrected chi connectivity index (χ4v) is 4.85. The Morgan fingerprint density at radius 3 is 1.96 bits per heavy atom. The van der Waals surface area contributed by atoms with Crippen molar-refractivity contribution in [1.29, 1.82) is 0 Å². The van der Waals surface area contributed by atoms with Gasteiger partial charge in [-0.3, -0.25) is 9.59 Å². The molecule has 0 aromatic heterocycles. The van der Waals surface area contributed by atoms with Gasteiger partial charge in [0.2, 0.25) is 11.8 Å². The molecule has 0 spiro atoms. The van der Waals surface area contributed by atoms with E-state index >= 15 is 0 Å². The fraction of sp³-hybridized carbons (Fsp3) is 0.900. The molecule has 0 aromatic carbocycles. The van der Waals surface area contributed by atoms with Gasteiger partial charge in [-0.2, -0.15) is 0 Å². The van der Waals surface area contributed by atoms with E-state index in [1.807, 2.05) is 0 Å². The second kappa shape index (κ2) is 9.02. The van der Waals surface area contributed by atoms with Crippen LogP contribution in [0.1, 0.15) is 83.5 Å². The van der Waals surface area contributed by atoms with Crippen LogP contribution in [0.5, 0.6) is 0 Å². The van der Waals surface area contributed by atoms with Crippen molar-refractivity contribution in [1.82, 2.24) is 10.6 Å². The van der Waals surface area contributed by atoms with Crippen LogP contribution in [0, 0.1) is 11.8 Å². The van der Waals surface area contributed by atoms with E-state index in [1.54, 1.807) is 0 Å². The molecule has 0 heterocycles. The Morgan fingerprint density at radius 2 is 1.32 bits per heavy atom. The quantitative estimate of drug-likeness (QED) is 0.713. The summed E-state index contributed by atoms with van der Waals surface area (Å²) in [6, 6.07) is 0.901. The van der Waals surface area contributed by atoms with Gasteiger partial charge in [0.1, 0.15) is 0 Å². The van der Waals surface area contributed by atoms with Gasteiger partial charge in [0, 0.05) is 30.5 Å². The van der Waals surface area contributed by atoms with E-state index in [0.717, 1.165) is 51.4 Å². The maximum atomic E-state index is 12.5. The van der Waals surface area contributed by atoms with Gasteiger partial charge in [-0.1, -0.05) is 12.8 Å². The van der Waals surface area contributed by atoms with E-state index < -0.39 is 0 Å². The van der Waals surface area contributed by atoms with Crippen molar-refractivity contribution < 1.29 is 9.59 Å². The molecule has 3 fully saturated rings. The highest BCUT2D eigenvalue weighted by atomic mass is 16.2. The van der Waals surface area contributed by atoms with Crippen molar-refractivity contribution in [3.8, 4) is 0 Å². The highest BCUT2D eigenvalue weighted by molar-refractivity contribution is 5.79. The molecular formula is C20H35N3O2. The van der Waals surface area contributed by atoms with Crippen LogP contribution in [0.3, 0.4) is 0 Å². The molecule has 0 unspecified atom stereocenters. The van der Waals surface area contributed by atoms with Gasteiger partial charge in [0.25, 0.3) is 0 Å². The first-order chi connectivity index (χ1) is 12.1. The number of hydrogen-bond acceptors (Lipinski definition) is 3. The average Bonchev–Trinajstić information content (AvgIpc) is 3.10. The van der Waals surface area contributed by atoms with Gasteiger partial charge in [-0.15, -0.1) is 0 Å². The first-order valence-corrected chi connectivity index (χ1v) is 10.5. The third-order valence-electron chi connectivity index (χ3n) is 6.53. The van der Waals surface area contributed by atoms with Crippen LogP contribution in [0.25, 0.3) is 0 Å². The molecular weight excluding hydrogens is 314 g/mol. The summed E-state index contributed by atoms with van der Waals surface area (Å²) in [5.41, 5.74) is 5.93. The molecule has 142 valence electrons. The number of carbonyl (C=O) groups excluding carboxylic acids is 2. The van der Waals surface area contributed by atoms with Gasteiger partial charge in [-0.25, -0.2) is 0 Å². The average molecular weight is 350 g/mol. The van der Waals surface area contributed by atoms with E-state index in [4.69, 9.17) is 5.73 Å². The van der Waals surface area contributed by atoms with Gasteiger partial charge in [-0.05, 0) is 70.1 Å². The number of nitrogens with one attached hydrogen (secondary N) is 2. The highest BCUT2D eigenvalue weighted by Crippen LogP contribution is 2.29. The molecule has 0 aromatic rings. The molecule has 4 N–H and O–H groups in total. The number of carbonyl (C=O) groups is 2. The van der Waals surface area contributed by atoms with Crippen LogP contribution in [0.4, 0.5) is 0 Å². The molecule has 0 aliphatic heterocycles. The summed E-state index contributed by atoms with van der Waals surface area (Å²) in [6.07, 6.45) is 13.4. The van der Waals surface area contributed by atoms with Crippen LogP contribution in [0.2, 0.25) is 0 Å². The van der Waals surface area contributed by atoms with E-state index in [-0.39, 0.29) is 23.8 Å². The van der Waals surface area contributed by atoms with Crippen LogP contribution < -0.4 is 16.4 Å². The van der Waals surface area contributed by atoms with Crippen LogP contribution in [-0.4, -0.2) is 29.9 Å². The monoisotopic (exact) mass is 349 g/mol. The standard InChI is InChI=1S/C20H35N3O2/c21-16-7-11-18(12-8-16)23-20(25)15-5-9-17(10-6-15)22-19(24)13-14-3-1-2-4-14/h14-18H,1-13,21H2,(H,22,24)(H,23,25). The van der Waals surface area contributed by atoms with Gasteiger partial charge in [0.15, 0.2) is 0 Å². The molecule has 3 rings (SSSR count). The lowest BCUT2D eigenvalue weighted by molar-refractivity contribution is -0.127. The summed E-state index contributed by atoms with van der Waals surface area (Å²) in [4.78, 5) is 24.6. The maximum Gasteiger partial charge on any atom is 0.223 e. The molecule has 3 aliphatic carbocycles. The van der Waals surface area contributed by atoms with Crippen molar-refractivity contribution >= 4 is 11.8 Å². The summed E-state index contributed by atoms with van der Waals surface area (Å²) in [5.74, 6) is 1.17. The Balaban J connectivity index is 1.33. The third-order valence-corrected chi connectivity index (χ3v) is 6.53. The topological polar surface area (TPSA) is 84.2 Å². The molecule has 5 heteroatoms. The maximum absolute atomic E-state index is 12.5. The SMILES string of the molecule is NC1CCC(NC(=O)C2CCC(NC(=O)CC3CCCC3)CC2)CC1. The zero-order valence-electron chi connectivity index (χ0n) is 15.5. The highest BCUT2D eigenvalue weighted by Gasteiger charge is 2.29. The summed E-state index contributed by atoms with van der Waals surface area (Å²) < 4.78 is 0. The Bertz CT molecular complexity index is 446. The van der Waals surface area contributed by atoms with E-state index in [9.17, 15) is 9.59 Å². The Labute approximate surface area is 151 Å². The first kappa shape index (κ1) is 18.7. The minimum Gasteiger partial charge on any atom is -0.353 e. The zero-order valence-corrected chi connectivity index (χ0v) is 15.5. The third kappa shape index (κ3) is 5.70. The Kier molecular flexibility index (Phi) is 6.74. The Hall–Kier alpha value is -1.10. The minimum absolute atomic E-state index is 0.124. The lowest BCUT2D eigenvalue weighted by atomic mass is 9.84. The molecule has 25 heavy (non-hydrogen) atoms. The van der Waals surface area contributed by atoms with Crippen molar-refractivity contribution in [3.05, 3.63) is 0 Å². The predicted octanol–water partition coefficient (Wildman–Crippen LogP) is 2.63. The Morgan fingerprint density at radius 1 is 0.760 bits per heavy atom. The normalized spacial score (nSPS) is 33.8. The van der Waals surface area contributed by atoms with Crippen LogP contribution >= 0.6 is 0 Å². The van der Waals surface area contributed by atoms with E-state index in [1.165, 1.54) is 25.7 Å². The predicted molar refractivity (Wildman–Crippen MR) is 98.8 cm³/mol. The molecule has 2 amide bonds. The number of amides is 2. The lowest BCUT2D eigenvalue weighted by Crippen LogP contribution is -2.45. The van der Waals surface area contributed by atoms with Gasteiger partial charge < -0.3 is 16.4 Å². The molecule has 3 aliphatic rings. The number of hydrogen-bond donors (Lipinski definition) is 3. The second-order valence-electron chi connectivity index (χ2n) is 8.59. The summed E-state index contributed by atoms with van der Waals surface area (Å²) >= 11 is 0. The minimum atomic E-state index is 0.124. The smallest absolute Gasteiger partial charge is 0.223 e. The number of nitrogens with two attached hydrogens (primary N) is 1.